The number of rotatable bonds is 1. The third kappa shape index (κ3) is 18.3. The summed E-state index contributed by atoms with van der Waals surface area (Å²) >= 11 is 0. The van der Waals surface area contributed by atoms with Crippen molar-refractivity contribution in [1.82, 2.24) is 0 Å². The van der Waals surface area contributed by atoms with Crippen LogP contribution in [0.25, 0.3) is 0 Å². The first-order chi connectivity index (χ1) is 3.13. The molecule has 2 N–H and O–H groups in total. The molecule has 0 unspecified atom stereocenters. The number of hydrogen-bond acceptors (Lipinski definition) is 2. The number of carbonyl (C=O) groups excluding carboxylic acids is 1. The minimum atomic E-state index is -0.187. The molecule has 0 rings (SSSR count). The number of carbonyl (C=O) groups is 1. The monoisotopic (exact) mass is 180 g/mol. The minimum Gasteiger partial charge on any atom is -0.876 e. The summed E-state index contributed by atoms with van der Waals surface area (Å²) in [6.45, 7) is 2.70. The van der Waals surface area contributed by atoms with Gasteiger partial charge in [0.25, 0.3) is 0 Å². The molecule has 0 saturated heterocycles. The maximum absolute atomic E-state index is 9.98. The predicted molar refractivity (Wildman–Crippen MR) is 28.1 cm³/mol. The van der Waals surface area contributed by atoms with Crippen LogP contribution in [0.15, 0.2) is 11.8 Å². The van der Waals surface area contributed by atoms with Crippen molar-refractivity contribution in [2.24, 2.45) is 0 Å². The van der Waals surface area contributed by atoms with Gasteiger partial charge in [0.15, 0.2) is 5.78 Å². The van der Waals surface area contributed by atoms with Gasteiger partial charge in [-0.15, -0.1) is 5.76 Å². The Kier molecular flexibility index (Phi) is 13.6. The molecule has 0 aliphatic heterocycles. The molecule has 0 fully saturated rings. The van der Waals surface area contributed by atoms with Crippen molar-refractivity contribution < 1.29 is 32.4 Å². The van der Waals surface area contributed by atoms with Crippen molar-refractivity contribution in [3.63, 3.8) is 0 Å². The Balaban J connectivity index is -0.000000180. The molecule has 0 aromatic rings. The molecule has 0 bridgehead atoms. The Labute approximate surface area is 64.5 Å². The van der Waals surface area contributed by atoms with Crippen molar-refractivity contribution in [3.8, 4) is 0 Å². The van der Waals surface area contributed by atoms with Gasteiger partial charge in [-0.1, -0.05) is 6.92 Å². The molecule has 9 heavy (non-hydrogen) atoms. The van der Waals surface area contributed by atoms with E-state index in [1.165, 1.54) is 13.8 Å². The van der Waals surface area contributed by atoms with Crippen LogP contribution in [0.5, 0.6) is 0 Å². The van der Waals surface area contributed by atoms with Crippen molar-refractivity contribution in [1.29, 1.82) is 0 Å². The van der Waals surface area contributed by atoms with E-state index in [-0.39, 0.29) is 34.1 Å². The standard InChI is InChI=1S/C5H8O2.Cu.H2O/c1-4(6)3-5(2)7;;/h3,6H,1-2H3;;1H2/q;+2;/p-1/b4-3-;;. The van der Waals surface area contributed by atoms with E-state index in [2.05, 4.69) is 0 Å². The van der Waals surface area contributed by atoms with E-state index in [4.69, 9.17) is 0 Å². The topological polar surface area (TPSA) is 71.6 Å². The first kappa shape index (κ1) is 15.9. The Morgan fingerprint density at radius 2 is 1.78 bits per heavy atom. The molecule has 3 nitrogen and oxygen atoms in total. The van der Waals surface area contributed by atoms with Gasteiger partial charge in [0.05, 0.1) is 0 Å². The van der Waals surface area contributed by atoms with E-state index in [9.17, 15) is 9.90 Å². The molecular weight excluding hydrogens is 172 g/mol. The van der Waals surface area contributed by atoms with Crippen LogP contribution in [0.3, 0.4) is 0 Å². The van der Waals surface area contributed by atoms with Crippen molar-refractivity contribution in [2.75, 3.05) is 0 Å². The van der Waals surface area contributed by atoms with Gasteiger partial charge in [-0.2, -0.15) is 0 Å². The molecule has 0 atom stereocenters. The smallest absolute Gasteiger partial charge is 0.876 e. The van der Waals surface area contributed by atoms with Crippen LogP contribution in [0, 0.1) is 0 Å². The first-order valence-electron chi connectivity index (χ1n) is 1.99. The van der Waals surface area contributed by atoms with E-state index >= 15 is 0 Å². The molecule has 0 aromatic heterocycles. The summed E-state index contributed by atoms with van der Waals surface area (Å²) in [6.07, 6.45) is 1.06. The van der Waals surface area contributed by atoms with Crippen LogP contribution >= 0.6 is 0 Å². The second-order valence-corrected chi connectivity index (χ2v) is 1.37. The van der Waals surface area contributed by atoms with Crippen LogP contribution in [-0.2, 0) is 21.9 Å². The zero-order valence-corrected chi connectivity index (χ0v) is 6.14. The van der Waals surface area contributed by atoms with Crippen molar-refractivity contribution in [2.45, 2.75) is 13.8 Å². The molecule has 0 aromatic carbocycles. The average molecular weight is 181 g/mol. The van der Waals surface area contributed by atoms with Crippen LogP contribution < -0.4 is 5.11 Å². The van der Waals surface area contributed by atoms with Crippen LogP contribution in [0.2, 0.25) is 0 Å². The Hall–Kier alpha value is -0.311. The fourth-order valence-corrected chi connectivity index (χ4v) is 0.286. The van der Waals surface area contributed by atoms with E-state index in [0.29, 0.717) is 0 Å². The normalized spacial score (nSPS) is 8.89. The SMILES string of the molecule is CC(=O)/C=C(/C)[O-].O.[Cu+2]. The van der Waals surface area contributed by atoms with E-state index in [1.807, 2.05) is 0 Å². The van der Waals surface area contributed by atoms with Gasteiger partial charge in [0.1, 0.15) is 0 Å². The van der Waals surface area contributed by atoms with Crippen molar-refractivity contribution >= 4 is 5.78 Å². The Morgan fingerprint density at radius 3 is 1.78 bits per heavy atom. The van der Waals surface area contributed by atoms with Crippen molar-refractivity contribution in [3.05, 3.63) is 11.8 Å². The molecular formula is C5H9CuO3+. The van der Waals surface area contributed by atoms with Crippen LogP contribution in [0.4, 0.5) is 0 Å². The van der Waals surface area contributed by atoms with Crippen LogP contribution in [0.1, 0.15) is 13.8 Å². The number of hydrogen-bond donors (Lipinski definition) is 0. The molecule has 0 heterocycles. The second kappa shape index (κ2) is 7.69. The maximum atomic E-state index is 9.98. The first-order valence-corrected chi connectivity index (χ1v) is 1.99. The van der Waals surface area contributed by atoms with Gasteiger partial charge in [-0.25, -0.2) is 0 Å². The molecule has 0 aliphatic carbocycles. The summed E-state index contributed by atoms with van der Waals surface area (Å²) in [5.41, 5.74) is 0. The molecule has 0 aliphatic rings. The molecule has 0 amide bonds. The quantitative estimate of drug-likeness (QED) is 0.295. The van der Waals surface area contributed by atoms with Gasteiger partial charge in [0.2, 0.25) is 0 Å². The molecule has 57 valence electrons. The van der Waals surface area contributed by atoms with E-state index in [0.717, 1.165) is 6.08 Å². The zero-order chi connectivity index (χ0) is 5.86. The summed E-state index contributed by atoms with van der Waals surface area (Å²) in [7, 11) is 0. The number of allylic oxidation sites excluding steroid dienone is 2. The van der Waals surface area contributed by atoms with Crippen LogP contribution in [-0.4, -0.2) is 11.3 Å². The Bertz CT molecular complexity index is 105. The molecule has 4 heteroatoms. The summed E-state index contributed by atoms with van der Waals surface area (Å²) in [5, 5.41) is 9.98. The molecule has 0 saturated carbocycles. The number of ketones is 1. The second-order valence-electron chi connectivity index (χ2n) is 1.37. The third-order valence-electron chi connectivity index (χ3n) is 0.407. The van der Waals surface area contributed by atoms with Gasteiger partial charge in [-0.05, 0) is 13.0 Å². The van der Waals surface area contributed by atoms with Gasteiger partial charge in [-0.3, -0.25) is 4.79 Å². The van der Waals surface area contributed by atoms with Gasteiger partial charge < -0.3 is 10.6 Å². The van der Waals surface area contributed by atoms with Gasteiger partial charge >= 0.3 is 17.1 Å². The maximum Gasteiger partial charge on any atom is 2.00 e. The molecule has 1 radical (unpaired) electrons. The van der Waals surface area contributed by atoms with E-state index in [1.54, 1.807) is 0 Å². The molecule has 0 spiro atoms. The minimum absolute atomic E-state index is 0. The van der Waals surface area contributed by atoms with E-state index < -0.39 is 0 Å². The third-order valence-corrected chi connectivity index (χ3v) is 0.407. The van der Waals surface area contributed by atoms with Gasteiger partial charge in [0, 0.05) is 0 Å². The Morgan fingerprint density at radius 1 is 1.44 bits per heavy atom. The fourth-order valence-electron chi connectivity index (χ4n) is 0.286. The predicted octanol–water partition coefficient (Wildman–Crippen LogP) is -0.988. The largest absolute Gasteiger partial charge is 2.00 e. The summed E-state index contributed by atoms with van der Waals surface area (Å²) in [5.74, 6) is -0.375. The summed E-state index contributed by atoms with van der Waals surface area (Å²) in [4.78, 5) is 9.98. The summed E-state index contributed by atoms with van der Waals surface area (Å²) in [6, 6.07) is 0. The fraction of sp³-hybridized carbons (Fsp3) is 0.400. The average Bonchev–Trinajstić information content (AvgIpc) is 1.27. The zero-order valence-electron chi connectivity index (χ0n) is 5.20. The summed E-state index contributed by atoms with van der Waals surface area (Å²) < 4.78 is 0.